The Labute approximate surface area is 120 Å². The van der Waals surface area contributed by atoms with Gasteiger partial charge in [0.15, 0.2) is 0 Å². The molecule has 1 aliphatic carbocycles. The Balaban J connectivity index is 1.62. The van der Waals surface area contributed by atoms with E-state index in [4.69, 9.17) is 9.47 Å². The molecule has 0 saturated heterocycles. The zero-order chi connectivity index (χ0) is 13.9. The lowest BCUT2D eigenvalue weighted by molar-refractivity contribution is 0.350. The highest BCUT2D eigenvalue weighted by Gasteiger charge is 2.31. The van der Waals surface area contributed by atoms with Crippen molar-refractivity contribution < 1.29 is 9.47 Å². The highest BCUT2D eigenvalue weighted by Crippen LogP contribution is 2.47. The van der Waals surface area contributed by atoms with Gasteiger partial charge in [0.05, 0.1) is 14.2 Å². The molecule has 0 spiro atoms. The second-order valence-corrected chi connectivity index (χ2v) is 5.41. The molecule has 0 unspecified atom stereocenters. The van der Waals surface area contributed by atoms with Gasteiger partial charge in [-0.25, -0.2) is 0 Å². The van der Waals surface area contributed by atoms with Crippen LogP contribution in [0.25, 0.3) is 0 Å². The van der Waals surface area contributed by atoms with E-state index < -0.39 is 0 Å². The summed E-state index contributed by atoms with van der Waals surface area (Å²) >= 11 is 0. The minimum atomic E-state index is 0.688. The molecular formula is C18H20O2. The third kappa shape index (κ3) is 2.51. The van der Waals surface area contributed by atoms with Gasteiger partial charge in [0.1, 0.15) is 11.5 Å². The molecule has 0 N–H and O–H groups in total. The van der Waals surface area contributed by atoms with Crippen LogP contribution in [-0.2, 0) is 0 Å². The average Bonchev–Trinajstić information content (AvgIpc) is 2.47. The van der Waals surface area contributed by atoms with Gasteiger partial charge in [-0.1, -0.05) is 24.3 Å². The fourth-order valence-electron chi connectivity index (χ4n) is 2.91. The molecule has 104 valence electrons. The number of hydrogen-bond acceptors (Lipinski definition) is 2. The van der Waals surface area contributed by atoms with Crippen molar-refractivity contribution in [1.82, 2.24) is 0 Å². The maximum absolute atomic E-state index is 5.20. The average molecular weight is 268 g/mol. The molecule has 0 heterocycles. The molecular weight excluding hydrogens is 248 g/mol. The highest BCUT2D eigenvalue weighted by atomic mass is 16.5. The minimum Gasteiger partial charge on any atom is -0.497 e. The van der Waals surface area contributed by atoms with Crippen LogP contribution >= 0.6 is 0 Å². The fraction of sp³-hybridized carbons (Fsp3) is 0.333. The summed E-state index contributed by atoms with van der Waals surface area (Å²) in [5.41, 5.74) is 2.85. The number of hydrogen-bond donors (Lipinski definition) is 0. The Morgan fingerprint density at radius 3 is 1.30 bits per heavy atom. The number of benzene rings is 2. The van der Waals surface area contributed by atoms with Crippen LogP contribution in [0.4, 0.5) is 0 Å². The Bertz CT molecular complexity index is 499. The van der Waals surface area contributed by atoms with Crippen molar-refractivity contribution in [3.63, 3.8) is 0 Å². The molecule has 2 aromatic carbocycles. The van der Waals surface area contributed by atoms with Crippen molar-refractivity contribution >= 4 is 0 Å². The SMILES string of the molecule is COc1ccc(C2CC(c3ccc(OC)cc3)C2)cc1. The lowest BCUT2D eigenvalue weighted by Crippen LogP contribution is -2.19. The van der Waals surface area contributed by atoms with Crippen LogP contribution in [0.3, 0.4) is 0 Å². The van der Waals surface area contributed by atoms with Crippen molar-refractivity contribution in [1.29, 1.82) is 0 Å². The van der Waals surface area contributed by atoms with Crippen molar-refractivity contribution in [2.45, 2.75) is 24.7 Å². The van der Waals surface area contributed by atoms with Crippen LogP contribution in [0.1, 0.15) is 35.8 Å². The first kappa shape index (κ1) is 13.0. The van der Waals surface area contributed by atoms with Crippen molar-refractivity contribution in [2.75, 3.05) is 14.2 Å². The number of methoxy groups -OCH3 is 2. The predicted molar refractivity (Wildman–Crippen MR) is 80.7 cm³/mol. The maximum atomic E-state index is 5.20. The molecule has 1 saturated carbocycles. The van der Waals surface area contributed by atoms with E-state index in [2.05, 4.69) is 48.5 Å². The minimum absolute atomic E-state index is 0.688. The van der Waals surface area contributed by atoms with E-state index in [9.17, 15) is 0 Å². The normalized spacial score (nSPS) is 21.1. The molecule has 0 aliphatic heterocycles. The van der Waals surface area contributed by atoms with Crippen molar-refractivity contribution in [3.8, 4) is 11.5 Å². The topological polar surface area (TPSA) is 18.5 Å². The summed E-state index contributed by atoms with van der Waals surface area (Å²) in [7, 11) is 3.41. The summed E-state index contributed by atoms with van der Waals surface area (Å²) in [5, 5.41) is 0. The molecule has 1 fully saturated rings. The first-order valence-corrected chi connectivity index (χ1v) is 7.08. The first-order chi connectivity index (χ1) is 9.80. The van der Waals surface area contributed by atoms with E-state index >= 15 is 0 Å². The highest BCUT2D eigenvalue weighted by molar-refractivity contribution is 5.35. The Morgan fingerprint density at radius 1 is 0.650 bits per heavy atom. The molecule has 2 nitrogen and oxygen atoms in total. The molecule has 0 aromatic heterocycles. The van der Waals surface area contributed by atoms with E-state index in [1.807, 2.05) is 0 Å². The number of ether oxygens (including phenoxy) is 2. The summed E-state index contributed by atoms with van der Waals surface area (Å²) in [6, 6.07) is 17.0. The van der Waals surface area contributed by atoms with Crippen LogP contribution in [0.5, 0.6) is 11.5 Å². The summed E-state index contributed by atoms with van der Waals surface area (Å²) in [5.74, 6) is 3.24. The van der Waals surface area contributed by atoms with E-state index in [-0.39, 0.29) is 0 Å². The van der Waals surface area contributed by atoms with Gasteiger partial charge in [-0.2, -0.15) is 0 Å². The molecule has 20 heavy (non-hydrogen) atoms. The Morgan fingerprint density at radius 2 is 1.00 bits per heavy atom. The third-order valence-electron chi connectivity index (χ3n) is 4.31. The third-order valence-corrected chi connectivity index (χ3v) is 4.31. The largest absolute Gasteiger partial charge is 0.497 e. The molecule has 3 rings (SSSR count). The van der Waals surface area contributed by atoms with Crippen molar-refractivity contribution in [2.24, 2.45) is 0 Å². The van der Waals surface area contributed by atoms with Crippen LogP contribution in [0, 0.1) is 0 Å². The predicted octanol–water partition coefficient (Wildman–Crippen LogP) is 4.37. The summed E-state index contributed by atoms with van der Waals surface area (Å²) < 4.78 is 10.4. The molecule has 0 amide bonds. The zero-order valence-corrected chi connectivity index (χ0v) is 12.0. The molecule has 0 radical (unpaired) electrons. The zero-order valence-electron chi connectivity index (χ0n) is 12.0. The summed E-state index contributed by atoms with van der Waals surface area (Å²) in [6.07, 6.45) is 2.47. The first-order valence-electron chi connectivity index (χ1n) is 7.08. The molecule has 0 bridgehead atoms. The summed E-state index contributed by atoms with van der Waals surface area (Å²) in [4.78, 5) is 0. The molecule has 0 atom stereocenters. The second kappa shape index (κ2) is 5.58. The Hall–Kier alpha value is -1.96. The van der Waals surface area contributed by atoms with E-state index in [1.54, 1.807) is 14.2 Å². The Kier molecular flexibility index (Phi) is 3.64. The van der Waals surface area contributed by atoms with Gasteiger partial charge < -0.3 is 9.47 Å². The van der Waals surface area contributed by atoms with E-state index in [1.165, 1.54) is 24.0 Å². The van der Waals surface area contributed by atoms with Gasteiger partial charge in [0.25, 0.3) is 0 Å². The van der Waals surface area contributed by atoms with Crippen LogP contribution < -0.4 is 9.47 Å². The van der Waals surface area contributed by atoms with Gasteiger partial charge in [-0.15, -0.1) is 0 Å². The van der Waals surface area contributed by atoms with Crippen LogP contribution in [-0.4, -0.2) is 14.2 Å². The lowest BCUT2D eigenvalue weighted by Gasteiger charge is -2.36. The van der Waals surface area contributed by atoms with Gasteiger partial charge in [-0.05, 0) is 60.1 Å². The maximum Gasteiger partial charge on any atom is 0.118 e. The van der Waals surface area contributed by atoms with Crippen LogP contribution in [0.2, 0.25) is 0 Å². The lowest BCUT2D eigenvalue weighted by atomic mass is 9.68. The van der Waals surface area contributed by atoms with Gasteiger partial charge in [0.2, 0.25) is 0 Å². The molecule has 2 aromatic rings. The second-order valence-electron chi connectivity index (χ2n) is 5.41. The van der Waals surface area contributed by atoms with E-state index in [0.29, 0.717) is 11.8 Å². The monoisotopic (exact) mass is 268 g/mol. The van der Waals surface area contributed by atoms with Gasteiger partial charge in [0, 0.05) is 0 Å². The van der Waals surface area contributed by atoms with Gasteiger partial charge >= 0.3 is 0 Å². The quantitative estimate of drug-likeness (QED) is 0.820. The standard InChI is InChI=1S/C18H20O2/c1-19-17-7-3-13(4-8-17)15-11-16(12-15)14-5-9-18(20-2)10-6-14/h3-10,15-16H,11-12H2,1-2H3. The fourth-order valence-corrected chi connectivity index (χ4v) is 2.91. The molecule has 2 heteroatoms. The van der Waals surface area contributed by atoms with E-state index in [0.717, 1.165) is 11.5 Å². The van der Waals surface area contributed by atoms with Gasteiger partial charge in [-0.3, -0.25) is 0 Å². The summed E-state index contributed by atoms with van der Waals surface area (Å²) in [6.45, 7) is 0. The smallest absolute Gasteiger partial charge is 0.118 e. The van der Waals surface area contributed by atoms with Crippen LogP contribution in [0.15, 0.2) is 48.5 Å². The van der Waals surface area contributed by atoms with Crippen molar-refractivity contribution in [3.05, 3.63) is 59.7 Å². The molecule has 1 aliphatic rings. The number of rotatable bonds is 4.